The molecule has 0 amide bonds. The number of hydrogen-bond acceptors (Lipinski definition) is 2. The van der Waals surface area contributed by atoms with Crippen LogP contribution in [0.5, 0.6) is 0 Å². The molecule has 0 saturated carbocycles. The Morgan fingerprint density at radius 2 is 1.45 bits per heavy atom. The molecule has 0 fully saturated rings. The van der Waals surface area contributed by atoms with Gasteiger partial charge in [0, 0.05) is 22.0 Å². The first-order chi connectivity index (χ1) is 14.1. The van der Waals surface area contributed by atoms with Gasteiger partial charge in [-0.25, -0.2) is 4.68 Å². The highest BCUT2D eigenvalue weighted by Crippen LogP contribution is 2.28. The van der Waals surface area contributed by atoms with Gasteiger partial charge in [0.25, 0.3) is 5.56 Å². The van der Waals surface area contributed by atoms with E-state index in [0.29, 0.717) is 0 Å². The number of rotatable bonds is 5. The summed E-state index contributed by atoms with van der Waals surface area (Å²) in [5.41, 5.74) is 4.57. The molecule has 4 rings (SSSR count). The van der Waals surface area contributed by atoms with Crippen molar-refractivity contribution < 1.29 is 0 Å². The Morgan fingerprint density at radius 3 is 2.07 bits per heavy atom. The SMILES string of the molecule is Cc1c([C@@H](Nc2ccc(I)cc2)c2ccccc2)c(=O)n(-c2ccccc2)n1C. The predicted molar refractivity (Wildman–Crippen MR) is 127 cm³/mol. The Labute approximate surface area is 183 Å². The largest absolute Gasteiger partial charge is 0.374 e. The van der Waals surface area contributed by atoms with Gasteiger partial charge in [-0.2, -0.15) is 0 Å². The summed E-state index contributed by atoms with van der Waals surface area (Å²) in [5, 5.41) is 3.58. The molecule has 0 saturated heterocycles. The van der Waals surface area contributed by atoms with Gasteiger partial charge in [-0.1, -0.05) is 48.5 Å². The van der Waals surface area contributed by atoms with Crippen molar-refractivity contribution in [3.63, 3.8) is 0 Å². The van der Waals surface area contributed by atoms with E-state index in [-0.39, 0.29) is 11.6 Å². The quantitative estimate of drug-likeness (QED) is 0.383. The number of aromatic nitrogens is 2. The molecule has 0 aliphatic rings. The average Bonchev–Trinajstić information content (AvgIpc) is 2.97. The van der Waals surface area contributed by atoms with E-state index in [1.165, 1.54) is 3.57 Å². The predicted octanol–water partition coefficient (Wildman–Crippen LogP) is 5.29. The lowest BCUT2D eigenvalue weighted by Gasteiger charge is -2.20. The lowest BCUT2D eigenvalue weighted by Crippen LogP contribution is -2.24. The summed E-state index contributed by atoms with van der Waals surface area (Å²) in [6.45, 7) is 2.00. The van der Waals surface area contributed by atoms with E-state index in [1.54, 1.807) is 4.68 Å². The fourth-order valence-corrected chi connectivity index (χ4v) is 3.96. The highest BCUT2D eigenvalue weighted by molar-refractivity contribution is 14.1. The molecule has 146 valence electrons. The van der Waals surface area contributed by atoms with Crippen molar-refractivity contribution in [3.8, 4) is 5.69 Å². The minimum atomic E-state index is -0.250. The van der Waals surface area contributed by atoms with Gasteiger partial charge in [0.1, 0.15) is 0 Å². The summed E-state index contributed by atoms with van der Waals surface area (Å²) < 4.78 is 4.83. The third-order valence-corrected chi connectivity index (χ3v) is 5.89. The zero-order chi connectivity index (χ0) is 20.4. The van der Waals surface area contributed by atoms with Crippen LogP contribution in [0.1, 0.15) is 22.9 Å². The molecule has 1 atom stereocenters. The van der Waals surface area contributed by atoms with Crippen LogP contribution in [0.25, 0.3) is 5.69 Å². The molecule has 0 aliphatic heterocycles. The Morgan fingerprint density at radius 1 is 0.862 bits per heavy atom. The van der Waals surface area contributed by atoms with Gasteiger partial charge >= 0.3 is 0 Å². The van der Waals surface area contributed by atoms with Crippen molar-refractivity contribution in [2.45, 2.75) is 13.0 Å². The van der Waals surface area contributed by atoms with Crippen molar-refractivity contribution >= 4 is 28.3 Å². The second-order valence-electron chi connectivity index (χ2n) is 6.97. The topological polar surface area (TPSA) is 39.0 Å². The fourth-order valence-electron chi connectivity index (χ4n) is 3.60. The maximum Gasteiger partial charge on any atom is 0.277 e. The van der Waals surface area contributed by atoms with Crippen molar-refractivity contribution in [2.24, 2.45) is 7.05 Å². The Kier molecular flexibility index (Phi) is 5.58. The van der Waals surface area contributed by atoms with Crippen LogP contribution in [-0.2, 0) is 7.05 Å². The van der Waals surface area contributed by atoms with E-state index in [9.17, 15) is 4.79 Å². The number of nitrogens with zero attached hydrogens (tertiary/aromatic N) is 2. The molecule has 0 spiro atoms. The van der Waals surface area contributed by atoms with Gasteiger partial charge in [-0.05, 0) is 71.5 Å². The van der Waals surface area contributed by atoms with Crippen LogP contribution >= 0.6 is 22.6 Å². The number of hydrogen-bond donors (Lipinski definition) is 1. The molecule has 1 heterocycles. The highest BCUT2D eigenvalue weighted by atomic mass is 127. The van der Waals surface area contributed by atoms with Gasteiger partial charge in [-0.3, -0.25) is 9.48 Å². The molecule has 4 aromatic rings. The minimum Gasteiger partial charge on any atom is -0.374 e. The number of para-hydroxylation sites is 1. The van der Waals surface area contributed by atoms with Crippen molar-refractivity contribution in [1.29, 1.82) is 0 Å². The summed E-state index contributed by atoms with van der Waals surface area (Å²) in [6, 6.07) is 27.8. The minimum absolute atomic E-state index is 0.0111. The maximum absolute atomic E-state index is 13.6. The zero-order valence-electron chi connectivity index (χ0n) is 16.3. The van der Waals surface area contributed by atoms with Gasteiger partial charge in [0.15, 0.2) is 0 Å². The molecule has 0 aliphatic carbocycles. The number of benzene rings is 3. The monoisotopic (exact) mass is 495 g/mol. The second kappa shape index (κ2) is 8.29. The molecule has 5 heteroatoms. The maximum atomic E-state index is 13.6. The fraction of sp³-hybridized carbons (Fsp3) is 0.125. The average molecular weight is 495 g/mol. The number of anilines is 1. The third kappa shape index (κ3) is 3.87. The van der Waals surface area contributed by atoms with Crippen molar-refractivity contribution in [2.75, 3.05) is 5.32 Å². The molecular weight excluding hydrogens is 473 g/mol. The molecule has 1 aromatic heterocycles. The van der Waals surface area contributed by atoms with E-state index in [0.717, 1.165) is 28.2 Å². The van der Waals surface area contributed by atoms with E-state index in [4.69, 9.17) is 0 Å². The molecule has 3 aromatic carbocycles. The summed E-state index contributed by atoms with van der Waals surface area (Å²) in [6.07, 6.45) is 0. The van der Waals surface area contributed by atoms with E-state index >= 15 is 0 Å². The van der Waals surface area contributed by atoms with Crippen LogP contribution < -0.4 is 10.9 Å². The Balaban J connectivity index is 1.87. The molecule has 29 heavy (non-hydrogen) atoms. The van der Waals surface area contributed by atoms with Crippen LogP contribution in [0, 0.1) is 10.5 Å². The first-order valence-electron chi connectivity index (χ1n) is 9.47. The second-order valence-corrected chi connectivity index (χ2v) is 8.22. The lowest BCUT2D eigenvalue weighted by atomic mass is 9.98. The van der Waals surface area contributed by atoms with Crippen molar-refractivity contribution in [3.05, 3.63) is 116 Å². The molecule has 0 unspecified atom stereocenters. The number of halogens is 1. The van der Waals surface area contributed by atoms with E-state index in [1.807, 2.05) is 79.3 Å². The van der Waals surface area contributed by atoms with Crippen LogP contribution in [0.15, 0.2) is 89.7 Å². The smallest absolute Gasteiger partial charge is 0.277 e. The summed E-state index contributed by atoms with van der Waals surface area (Å²) in [4.78, 5) is 13.6. The van der Waals surface area contributed by atoms with Crippen molar-refractivity contribution in [1.82, 2.24) is 9.36 Å². The highest BCUT2D eigenvalue weighted by Gasteiger charge is 2.25. The number of nitrogens with one attached hydrogen (secondary N) is 1. The molecular formula is C24H22IN3O. The van der Waals surface area contributed by atoms with Crippen LogP contribution in [-0.4, -0.2) is 9.36 Å². The van der Waals surface area contributed by atoms with E-state index < -0.39 is 0 Å². The van der Waals surface area contributed by atoms with Gasteiger partial charge in [0.2, 0.25) is 0 Å². The van der Waals surface area contributed by atoms with E-state index in [2.05, 4.69) is 52.2 Å². The Hall–Kier alpha value is -2.80. The summed E-state index contributed by atoms with van der Waals surface area (Å²) in [5.74, 6) is 0. The van der Waals surface area contributed by atoms with Gasteiger partial charge in [-0.15, -0.1) is 0 Å². The molecule has 0 bridgehead atoms. The first kappa shape index (κ1) is 19.5. The molecule has 4 nitrogen and oxygen atoms in total. The van der Waals surface area contributed by atoms with Gasteiger partial charge in [0.05, 0.1) is 17.3 Å². The summed E-state index contributed by atoms with van der Waals surface area (Å²) >= 11 is 2.29. The molecule has 0 radical (unpaired) electrons. The van der Waals surface area contributed by atoms with Gasteiger partial charge < -0.3 is 5.32 Å². The first-order valence-corrected chi connectivity index (χ1v) is 10.5. The standard InChI is InChI=1S/C24H22IN3O/c1-17-22(24(29)28(27(17)2)21-11-7-4-8-12-21)23(18-9-5-3-6-10-18)26-20-15-13-19(25)14-16-20/h3-16,23,26H,1-2H3/t23-/m0/s1. The third-order valence-electron chi connectivity index (χ3n) is 5.18. The van der Waals surface area contributed by atoms with Crippen LogP contribution in [0.2, 0.25) is 0 Å². The van der Waals surface area contributed by atoms with Crippen LogP contribution in [0.3, 0.4) is 0 Å². The molecule has 1 N–H and O–H groups in total. The lowest BCUT2D eigenvalue weighted by molar-refractivity contribution is 0.630. The zero-order valence-corrected chi connectivity index (χ0v) is 18.5. The van der Waals surface area contributed by atoms with Crippen LogP contribution in [0.4, 0.5) is 5.69 Å². The summed E-state index contributed by atoms with van der Waals surface area (Å²) in [7, 11) is 1.93. The normalized spacial score (nSPS) is 12.0. The Bertz CT molecular complexity index is 1160.